The van der Waals surface area contributed by atoms with Crippen LogP contribution in [0.5, 0.6) is 0 Å². The fraction of sp³-hybridized carbons (Fsp3) is 0.211. The van der Waals surface area contributed by atoms with E-state index in [-0.39, 0.29) is 0 Å². The molecule has 1 nitrogen and oxygen atoms in total. The van der Waals surface area contributed by atoms with Crippen LogP contribution in [0.4, 0.5) is 0 Å². The first-order chi connectivity index (χ1) is 10.2. The van der Waals surface area contributed by atoms with Gasteiger partial charge < -0.3 is 0 Å². The molecule has 3 rings (SSSR count). The van der Waals surface area contributed by atoms with E-state index in [1.54, 1.807) is 11.3 Å². The van der Waals surface area contributed by atoms with Gasteiger partial charge in [0.2, 0.25) is 0 Å². The Bertz CT molecular complexity index is 743. The number of benzene rings is 1. The summed E-state index contributed by atoms with van der Waals surface area (Å²) >= 11 is 1.80. The lowest BCUT2D eigenvalue weighted by Gasteiger charge is -2.05. The Kier molecular flexibility index (Phi) is 4.16. The average Bonchev–Trinajstić information content (AvgIpc) is 2.84. The van der Waals surface area contributed by atoms with Crippen molar-refractivity contribution in [1.82, 2.24) is 4.98 Å². The molecule has 0 aliphatic heterocycles. The average molecular weight is 293 g/mol. The number of aryl methyl sites for hydroxylation is 2. The highest BCUT2D eigenvalue weighted by Crippen LogP contribution is 2.17. The van der Waals surface area contributed by atoms with Crippen LogP contribution in [0.1, 0.15) is 33.0 Å². The summed E-state index contributed by atoms with van der Waals surface area (Å²) in [4.78, 5) is 6.17. The monoisotopic (exact) mass is 293 g/mol. The topological polar surface area (TPSA) is 12.9 Å². The molecular formula is C19H19NS. The largest absolute Gasteiger partial charge is 0.257 e. The Morgan fingerprint density at radius 2 is 1.57 bits per heavy atom. The number of hydrogen-bond donors (Lipinski definition) is 0. The summed E-state index contributed by atoms with van der Waals surface area (Å²) in [6.45, 7) is 4.28. The number of aromatic nitrogens is 1. The Balaban J connectivity index is 1.76. The quantitative estimate of drug-likeness (QED) is 0.664. The van der Waals surface area contributed by atoms with E-state index in [0.29, 0.717) is 0 Å². The molecule has 0 saturated heterocycles. The standard InChI is InChI=1S/C19H19NS/c1-14-5-3-6-16(9-14)11-18-7-4-8-19(20-18)12-17-10-15(2)21-13-17/h3-10,13H,11-12H2,1-2H3. The van der Waals surface area contributed by atoms with Crippen LogP contribution in [0.3, 0.4) is 0 Å². The van der Waals surface area contributed by atoms with Crippen molar-refractivity contribution >= 4 is 11.3 Å². The molecule has 21 heavy (non-hydrogen) atoms. The van der Waals surface area contributed by atoms with Crippen LogP contribution in [0.15, 0.2) is 53.9 Å². The van der Waals surface area contributed by atoms with Crippen LogP contribution in [0, 0.1) is 13.8 Å². The van der Waals surface area contributed by atoms with Gasteiger partial charge in [0.25, 0.3) is 0 Å². The van der Waals surface area contributed by atoms with Gasteiger partial charge in [0, 0.05) is 29.1 Å². The third-order valence-corrected chi connectivity index (χ3v) is 4.41. The van der Waals surface area contributed by atoms with Crippen LogP contribution in [0.25, 0.3) is 0 Å². The number of thiophene rings is 1. The zero-order valence-electron chi connectivity index (χ0n) is 12.5. The van der Waals surface area contributed by atoms with Crippen LogP contribution in [-0.2, 0) is 12.8 Å². The zero-order valence-corrected chi connectivity index (χ0v) is 13.3. The lowest BCUT2D eigenvalue weighted by atomic mass is 10.1. The van der Waals surface area contributed by atoms with Crippen molar-refractivity contribution in [2.24, 2.45) is 0 Å². The molecule has 0 saturated carbocycles. The summed E-state index contributed by atoms with van der Waals surface area (Å²) in [5.41, 5.74) is 6.28. The second kappa shape index (κ2) is 6.23. The maximum absolute atomic E-state index is 4.81. The maximum atomic E-state index is 4.81. The minimum absolute atomic E-state index is 0.901. The maximum Gasteiger partial charge on any atom is 0.0451 e. The van der Waals surface area contributed by atoms with Crippen LogP contribution >= 0.6 is 11.3 Å². The van der Waals surface area contributed by atoms with Crippen LogP contribution < -0.4 is 0 Å². The van der Waals surface area contributed by atoms with Crippen molar-refractivity contribution in [3.63, 3.8) is 0 Å². The molecule has 0 radical (unpaired) electrons. The Morgan fingerprint density at radius 3 is 2.24 bits per heavy atom. The van der Waals surface area contributed by atoms with Gasteiger partial charge >= 0.3 is 0 Å². The highest BCUT2D eigenvalue weighted by atomic mass is 32.1. The van der Waals surface area contributed by atoms with Crippen molar-refractivity contribution < 1.29 is 0 Å². The first kappa shape index (κ1) is 14.0. The second-order valence-electron chi connectivity index (χ2n) is 5.53. The lowest BCUT2D eigenvalue weighted by molar-refractivity contribution is 0.993. The van der Waals surface area contributed by atoms with E-state index in [2.05, 4.69) is 67.8 Å². The molecule has 0 bridgehead atoms. The van der Waals surface area contributed by atoms with E-state index in [9.17, 15) is 0 Å². The molecule has 3 aromatic rings. The van der Waals surface area contributed by atoms with Gasteiger partial charge in [-0.15, -0.1) is 11.3 Å². The third kappa shape index (κ3) is 3.79. The van der Waals surface area contributed by atoms with Gasteiger partial charge in [-0.25, -0.2) is 0 Å². The fourth-order valence-electron chi connectivity index (χ4n) is 2.56. The van der Waals surface area contributed by atoms with E-state index in [4.69, 9.17) is 4.98 Å². The van der Waals surface area contributed by atoms with Gasteiger partial charge in [-0.1, -0.05) is 35.9 Å². The predicted octanol–water partition coefficient (Wildman–Crippen LogP) is 4.94. The first-order valence-electron chi connectivity index (χ1n) is 7.23. The molecule has 2 heteroatoms. The van der Waals surface area contributed by atoms with Crippen molar-refractivity contribution in [1.29, 1.82) is 0 Å². The highest BCUT2D eigenvalue weighted by molar-refractivity contribution is 7.10. The minimum atomic E-state index is 0.901. The molecule has 1 aromatic carbocycles. The molecule has 2 aromatic heterocycles. The Labute approximate surface area is 130 Å². The summed E-state index contributed by atoms with van der Waals surface area (Å²) < 4.78 is 0. The van der Waals surface area contributed by atoms with E-state index >= 15 is 0 Å². The van der Waals surface area contributed by atoms with Crippen molar-refractivity contribution in [2.75, 3.05) is 0 Å². The molecule has 0 spiro atoms. The molecule has 0 aliphatic carbocycles. The molecule has 106 valence electrons. The molecule has 0 fully saturated rings. The van der Waals surface area contributed by atoms with Gasteiger partial charge in [0.1, 0.15) is 0 Å². The fourth-order valence-corrected chi connectivity index (χ4v) is 3.27. The normalized spacial score (nSPS) is 10.8. The summed E-state index contributed by atoms with van der Waals surface area (Å²) in [5.74, 6) is 0. The van der Waals surface area contributed by atoms with Crippen LogP contribution in [0.2, 0.25) is 0 Å². The number of hydrogen-bond acceptors (Lipinski definition) is 2. The van der Waals surface area contributed by atoms with Crippen molar-refractivity contribution in [3.05, 3.63) is 86.9 Å². The predicted molar refractivity (Wildman–Crippen MR) is 90.1 cm³/mol. The molecule has 2 heterocycles. The van der Waals surface area contributed by atoms with Crippen molar-refractivity contribution in [2.45, 2.75) is 26.7 Å². The van der Waals surface area contributed by atoms with Crippen LogP contribution in [-0.4, -0.2) is 4.98 Å². The lowest BCUT2D eigenvalue weighted by Crippen LogP contribution is -1.97. The summed E-state index contributed by atoms with van der Waals surface area (Å²) in [5, 5.41) is 2.23. The number of nitrogens with zero attached hydrogens (tertiary/aromatic N) is 1. The zero-order chi connectivity index (χ0) is 14.7. The van der Waals surface area contributed by atoms with E-state index < -0.39 is 0 Å². The molecule has 0 aliphatic rings. The van der Waals surface area contributed by atoms with Gasteiger partial charge in [0.05, 0.1) is 0 Å². The van der Waals surface area contributed by atoms with Gasteiger partial charge in [-0.2, -0.15) is 0 Å². The summed E-state index contributed by atoms with van der Waals surface area (Å²) in [6, 6.07) is 17.2. The molecule has 0 atom stereocenters. The molecule has 0 unspecified atom stereocenters. The third-order valence-electron chi connectivity index (χ3n) is 3.50. The smallest absolute Gasteiger partial charge is 0.0451 e. The summed E-state index contributed by atoms with van der Waals surface area (Å²) in [7, 11) is 0. The van der Waals surface area contributed by atoms with Gasteiger partial charge in [-0.3, -0.25) is 4.98 Å². The molecule has 0 N–H and O–H groups in total. The van der Waals surface area contributed by atoms with E-state index in [1.165, 1.54) is 21.6 Å². The van der Waals surface area contributed by atoms with Gasteiger partial charge in [0.15, 0.2) is 0 Å². The molecular weight excluding hydrogens is 274 g/mol. The van der Waals surface area contributed by atoms with E-state index in [0.717, 1.165) is 24.2 Å². The molecule has 0 amide bonds. The SMILES string of the molecule is Cc1cccc(Cc2cccc(Cc3csc(C)c3)n2)c1. The van der Waals surface area contributed by atoms with E-state index in [1.807, 2.05) is 0 Å². The second-order valence-corrected chi connectivity index (χ2v) is 6.64. The highest BCUT2D eigenvalue weighted by Gasteiger charge is 2.03. The number of pyridine rings is 1. The Hall–Kier alpha value is -1.93. The summed E-state index contributed by atoms with van der Waals surface area (Å²) in [6.07, 6.45) is 1.82. The Morgan fingerprint density at radius 1 is 0.857 bits per heavy atom. The first-order valence-corrected chi connectivity index (χ1v) is 8.11. The van der Waals surface area contributed by atoms with Gasteiger partial charge in [-0.05, 0) is 48.6 Å². The van der Waals surface area contributed by atoms with Crippen molar-refractivity contribution in [3.8, 4) is 0 Å². The minimum Gasteiger partial charge on any atom is -0.257 e. The number of rotatable bonds is 4.